The fourth-order valence-electron chi connectivity index (χ4n) is 3.28. The summed E-state index contributed by atoms with van der Waals surface area (Å²) in [7, 11) is 0. The second kappa shape index (κ2) is 7.49. The minimum absolute atomic E-state index is 0.0452. The van der Waals surface area contributed by atoms with Crippen LogP contribution in [0.3, 0.4) is 0 Å². The van der Waals surface area contributed by atoms with Crippen LogP contribution >= 0.6 is 0 Å². The third-order valence-electron chi connectivity index (χ3n) is 4.71. The molecule has 0 atom stereocenters. The van der Waals surface area contributed by atoms with E-state index in [1.165, 1.54) is 18.6 Å². The Morgan fingerprint density at radius 2 is 1.56 bits per heavy atom. The maximum atomic E-state index is 10.9. The number of hydrogen-bond donors (Lipinski definition) is 0. The minimum atomic E-state index is -0.416. The van der Waals surface area contributed by atoms with E-state index in [4.69, 9.17) is 4.98 Å². The first-order valence-electron chi connectivity index (χ1n) is 9.02. The third-order valence-corrected chi connectivity index (χ3v) is 4.71. The van der Waals surface area contributed by atoms with Gasteiger partial charge in [-0.25, -0.2) is 4.98 Å². The predicted octanol–water partition coefficient (Wildman–Crippen LogP) is 4.10. The molecule has 1 saturated heterocycles. The van der Waals surface area contributed by atoms with E-state index >= 15 is 0 Å². The molecule has 0 saturated carbocycles. The molecule has 0 N–H and O–H groups in total. The Hall–Kier alpha value is -3.35. The molecule has 1 fully saturated rings. The molecule has 7 heteroatoms. The Labute approximate surface area is 156 Å². The van der Waals surface area contributed by atoms with Crippen LogP contribution in [0, 0.1) is 10.1 Å². The number of aromatic nitrogens is 3. The van der Waals surface area contributed by atoms with Crippen molar-refractivity contribution >= 4 is 11.5 Å². The number of rotatable bonds is 4. The molecule has 136 valence electrons. The van der Waals surface area contributed by atoms with E-state index in [-0.39, 0.29) is 5.69 Å². The number of nitrogens with zero attached hydrogens (tertiary/aromatic N) is 5. The molecule has 4 rings (SSSR count). The molecule has 0 bridgehead atoms. The molecule has 2 aromatic carbocycles. The maximum absolute atomic E-state index is 10.9. The zero-order valence-corrected chi connectivity index (χ0v) is 14.8. The molecular weight excluding hydrogens is 342 g/mol. The van der Waals surface area contributed by atoms with Gasteiger partial charge >= 0.3 is 0 Å². The highest BCUT2D eigenvalue weighted by Crippen LogP contribution is 2.30. The average molecular weight is 361 g/mol. The smallest absolute Gasteiger partial charge is 0.269 e. The zero-order chi connectivity index (χ0) is 18.6. The van der Waals surface area contributed by atoms with Gasteiger partial charge in [0.25, 0.3) is 5.69 Å². The number of nitro benzene ring substituents is 1. The van der Waals surface area contributed by atoms with Crippen LogP contribution in [0.2, 0.25) is 0 Å². The summed E-state index contributed by atoms with van der Waals surface area (Å²) in [6.07, 6.45) is 3.49. The van der Waals surface area contributed by atoms with Gasteiger partial charge in [-0.2, -0.15) is 0 Å². The summed E-state index contributed by atoms with van der Waals surface area (Å²) >= 11 is 0. The van der Waals surface area contributed by atoms with Crippen molar-refractivity contribution in [2.45, 2.75) is 19.3 Å². The van der Waals surface area contributed by atoms with Crippen LogP contribution in [-0.4, -0.2) is 33.2 Å². The van der Waals surface area contributed by atoms with Gasteiger partial charge in [0.05, 0.1) is 4.92 Å². The molecule has 0 spiro atoms. The molecule has 2 heterocycles. The van der Waals surface area contributed by atoms with Crippen molar-refractivity contribution in [3.63, 3.8) is 0 Å². The minimum Gasteiger partial charge on any atom is -0.355 e. The number of benzene rings is 2. The zero-order valence-electron chi connectivity index (χ0n) is 14.8. The SMILES string of the molecule is O=[N+]([O-])c1ccc(-c2nnc(-c3ccccc3)c(N3CCCCC3)n2)cc1. The average Bonchev–Trinajstić information content (AvgIpc) is 2.74. The molecule has 0 unspecified atom stereocenters. The van der Waals surface area contributed by atoms with E-state index in [9.17, 15) is 10.1 Å². The maximum Gasteiger partial charge on any atom is 0.269 e. The summed E-state index contributed by atoms with van der Waals surface area (Å²) in [6, 6.07) is 16.2. The van der Waals surface area contributed by atoms with Crippen LogP contribution in [0.4, 0.5) is 11.5 Å². The van der Waals surface area contributed by atoms with Crippen LogP contribution < -0.4 is 4.90 Å². The van der Waals surface area contributed by atoms with Crippen LogP contribution in [-0.2, 0) is 0 Å². The summed E-state index contributed by atoms with van der Waals surface area (Å²) in [5.41, 5.74) is 2.51. The molecule has 1 aliphatic rings. The number of hydrogen-bond acceptors (Lipinski definition) is 6. The van der Waals surface area contributed by atoms with Crippen LogP contribution in [0.25, 0.3) is 22.6 Å². The normalized spacial score (nSPS) is 14.1. The van der Waals surface area contributed by atoms with Crippen molar-refractivity contribution in [2.24, 2.45) is 0 Å². The van der Waals surface area contributed by atoms with Crippen molar-refractivity contribution in [1.29, 1.82) is 0 Å². The summed E-state index contributed by atoms with van der Waals surface area (Å²) in [4.78, 5) is 17.5. The summed E-state index contributed by atoms with van der Waals surface area (Å²) in [5.74, 6) is 1.30. The lowest BCUT2D eigenvalue weighted by molar-refractivity contribution is -0.384. The summed E-state index contributed by atoms with van der Waals surface area (Å²) in [6.45, 7) is 1.89. The Balaban J connectivity index is 1.77. The quantitative estimate of drug-likeness (QED) is 0.514. The van der Waals surface area contributed by atoms with Gasteiger partial charge in [0, 0.05) is 36.3 Å². The molecule has 1 aliphatic heterocycles. The number of piperidine rings is 1. The highest BCUT2D eigenvalue weighted by atomic mass is 16.6. The van der Waals surface area contributed by atoms with Gasteiger partial charge in [0.2, 0.25) is 0 Å². The Bertz CT molecular complexity index is 938. The highest BCUT2D eigenvalue weighted by molar-refractivity contribution is 5.73. The molecule has 27 heavy (non-hydrogen) atoms. The van der Waals surface area contributed by atoms with Gasteiger partial charge in [0.1, 0.15) is 5.69 Å². The Kier molecular flexibility index (Phi) is 4.74. The molecule has 0 amide bonds. The van der Waals surface area contributed by atoms with E-state index in [2.05, 4.69) is 15.1 Å². The van der Waals surface area contributed by atoms with E-state index < -0.39 is 4.92 Å². The molecule has 1 aromatic heterocycles. The van der Waals surface area contributed by atoms with Crippen LogP contribution in [0.5, 0.6) is 0 Å². The fourth-order valence-corrected chi connectivity index (χ4v) is 3.28. The molecule has 3 aromatic rings. The first kappa shape index (κ1) is 17.1. The van der Waals surface area contributed by atoms with Crippen molar-refractivity contribution in [3.8, 4) is 22.6 Å². The predicted molar refractivity (Wildman–Crippen MR) is 103 cm³/mol. The lowest BCUT2D eigenvalue weighted by atomic mass is 10.1. The van der Waals surface area contributed by atoms with Gasteiger partial charge in [-0.05, 0) is 31.4 Å². The van der Waals surface area contributed by atoms with Crippen molar-refractivity contribution < 1.29 is 4.92 Å². The van der Waals surface area contributed by atoms with Crippen LogP contribution in [0.15, 0.2) is 54.6 Å². The lowest BCUT2D eigenvalue weighted by Gasteiger charge is -2.29. The van der Waals surface area contributed by atoms with E-state index in [1.807, 2.05) is 30.3 Å². The van der Waals surface area contributed by atoms with Crippen LogP contribution in [0.1, 0.15) is 19.3 Å². The van der Waals surface area contributed by atoms with Crippen molar-refractivity contribution in [2.75, 3.05) is 18.0 Å². The summed E-state index contributed by atoms with van der Waals surface area (Å²) < 4.78 is 0. The number of non-ortho nitro benzene ring substituents is 1. The second-order valence-corrected chi connectivity index (χ2v) is 6.53. The second-order valence-electron chi connectivity index (χ2n) is 6.53. The number of anilines is 1. The van der Waals surface area contributed by atoms with Gasteiger partial charge in [-0.1, -0.05) is 30.3 Å². The first-order chi connectivity index (χ1) is 13.2. The highest BCUT2D eigenvalue weighted by Gasteiger charge is 2.20. The third kappa shape index (κ3) is 3.62. The standard InChI is InChI=1S/C20H19N5O2/c26-25(27)17-11-9-16(10-12-17)19-21-20(24-13-5-2-6-14-24)18(22-23-19)15-7-3-1-4-8-15/h1,3-4,7-12H,2,5-6,13-14H2. The topological polar surface area (TPSA) is 85.0 Å². The fraction of sp³-hybridized carbons (Fsp3) is 0.250. The monoisotopic (exact) mass is 361 g/mol. The van der Waals surface area contributed by atoms with E-state index in [0.29, 0.717) is 11.4 Å². The Morgan fingerprint density at radius 1 is 0.852 bits per heavy atom. The molecular formula is C20H19N5O2. The van der Waals surface area contributed by atoms with Gasteiger partial charge < -0.3 is 4.90 Å². The van der Waals surface area contributed by atoms with Crippen molar-refractivity contribution in [1.82, 2.24) is 15.2 Å². The Morgan fingerprint density at radius 3 is 2.22 bits per heavy atom. The van der Waals surface area contributed by atoms with Gasteiger partial charge in [0.15, 0.2) is 11.6 Å². The molecule has 0 aliphatic carbocycles. The van der Waals surface area contributed by atoms with Gasteiger partial charge in [-0.15, -0.1) is 10.2 Å². The molecule has 7 nitrogen and oxygen atoms in total. The lowest BCUT2D eigenvalue weighted by Crippen LogP contribution is -2.31. The summed E-state index contributed by atoms with van der Waals surface area (Å²) in [5, 5.41) is 19.6. The molecule has 0 radical (unpaired) electrons. The largest absolute Gasteiger partial charge is 0.355 e. The van der Waals surface area contributed by atoms with E-state index in [1.54, 1.807) is 12.1 Å². The number of nitro groups is 1. The van der Waals surface area contributed by atoms with Crippen molar-refractivity contribution in [3.05, 3.63) is 64.7 Å². The first-order valence-corrected chi connectivity index (χ1v) is 9.02. The van der Waals surface area contributed by atoms with E-state index in [0.717, 1.165) is 43.0 Å². The van der Waals surface area contributed by atoms with Gasteiger partial charge in [-0.3, -0.25) is 10.1 Å².